The van der Waals surface area contributed by atoms with Crippen molar-refractivity contribution < 1.29 is 9.59 Å². The van der Waals surface area contributed by atoms with E-state index in [9.17, 15) is 9.59 Å². The molecule has 0 bridgehead atoms. The monoisotopic (exact) mass is 173 g/mol. The maximum atomic E-state index is 11.0. The Balaban J connectivity index is 2.38. The number of ketones is 2. The summed E-state index contributed by atoms with van der Waals surface area (Å²) in [6, 6.07) is 3.71. The minimum absolute atomic E-state index is 0.462. The molecule has 0 unspecified atom stereocenters. The topological polar surface area (TPSA) is 39.1 Å². The number of allylic oxidation sites excluding steroid dienone is 4. The predicted octanol–water partition coefficient (Wildman–Crippen LogP) is 1.04. The zero-order valence-corrected chi connectivity index (χ0v) is 6.81. The minimum atomic E-state index is -0.466. The molecule has 1 aliphatic carbocycles. The first-order valence-electron chi connectivity index (χ1n) is 3.89. The first-order chi connectivity index (χ1) is 6.27. The molecule has 0 atom stereocenters. The molecule has 0 saturated carbocycles. The Kier molecular flexibility index (Phi) is 1.70. The van der Waals surface area contributed by atoms with Crippen LogP contribution < -0.4 is 0 Å². The Bertz CT molecular complexity index is 410. The molecular weight excluding hydrogens is 166 g/mol. The maximum absolute atomic E-state index is 11.0. The highest BCUT2D eigenvalue weighted by Gasteiger charge is 2.13. The molecule has 64 valence electrons. The summed E-state index contributed by atoms with van der Waals surface area (Å²) in [5.41, 5.74) is 0.717. The lowest BCUT2D eigenvalue weighted by atomic mass is 10.1. The van der Waals surface area contributed by atoms with Gasteiger partial charge in [-0.25, -0.2) is 0 Å². The molecule has 1 heterocycles. The van der Waals surface area contributed by atoms with Gasteiger partial charge in [0.05, 0.1) is 0 Å². The molecule has 0 aliphatic heterocycles. The van der Waals surface area contributed by atoms with Gasteiger partial charge in [0.15, 0.2) is 0 Å². The Hall–Kier alpha value is -1.90. The van der Waals surface area contributed by atoms with Crippen LogP contribution in [-0.4, -0.2) is 16.1 Å². The third-order valence-corrected chi connectivity index (χ3v) is 1.83. The van der Waals surface area contributed by atoms with Crippen molar-refractivity contribution in [1.29, 1.82) is 0 Å². The largest absolute Gasteiger partial charge is 0.324 e. The number of hydrogen-bond donors (Lipinski definition) is 0. The average molecular weight is 173 g/mol. The normalized spacial score (nSPS) is 16.2. The number of nitrogens with zero attached hydrogens (tertiary/aromatic N) is 1. The minimum Gasteiger partial charge on any atom is -0.324 e. The second-order valence-electron chi connectivity index (χ2n) is 2.72. The molecule has 0 amide bonds. The zero-order chi connectivity index (χ0) is 9.26. The summed E-state index contributed by atoms with van der Waals surface area (Å²) < 4.78 is 1.78. The van der Waals surface area contributed by atoms with Crippen molar-refractivity contribution in [3.05, 3.63) is 42.8 Å². The maximum Gasteiger partial charge on any atom is 0.227 e. The van der Waals surface area contributed by atoms with E-state index in [-0.39, 0.29) is 0 Å². The third kappa shape index (κ3) is 1.36. The van der Waals surface area contributed by atoms with Gasteiger partial charge < -0.3 is 4.57 Å². The summed E-state index contributed by atoms with van der Waals surface area (Å²) >= 11 is 0. The molecule has 0 spiro atoms. The van der Waals surface area contributed by atoms with Crippen LogP contribution in [0, 0.1) is 0 Å². The van der Waals surface area contributed by atoms with E-state index in [0.717, 1.165) is 5.70 Å². The molecule has 0 N–H and O–H groups in total. The molecular formula is C10H7NO2. The smallest absolute Gasteiger partial charge is 0.227 e. The summed E-state index contributed by atoms with van der Waals surface area (Å²) in [5.74, 6) is -0.929. The van der Waals surface area contributed by atoms with Gasteiger partial charge in [0, 0.05) is 24.2 Å². The van der Waals surface area contributed by atoms with Crippen LogP contribution in [0.1, 0.15) is 0 Å². The first kappa shape index (κ1) is 7.73. The van der Waals surface area contributed by atoms with Crippen molar-refractivity contribution in [2.24, 2.45) is 0 Å². The van der Waals surface area contributed by atoms with Gasteiger partial charge in [-0.05, 0) is 24.3 Å². The number of hydrogen-bond acceptors (Lipinski definition) is 2. The van der Waals surface area contributed by atoms with Crippen molar-refractivity contribution >= 4 is 17.3 Å². The van der Waals surface area contributed by atoms with Gasteiger partial charge in [0.2, 0.25) is 11.6 Å². The molecule has 3 heteroatoms. The summed E-state index contributed by atoms with van der Waals surface area (Å²) in [4.78, 5) is 21.8. The molecule has 0 fully saturated rings. The van der Waals surface area contributed by atoms with E-state index in [0.29, 0.717) is 0 Å². The Labute approximate surface area is 75.0 Å². The summed E-state index contributed by atoms with van der Waals surface area (Å²) in [6.45, 7) is 0. The van der Waals surface area contributed by atoms with Gasteiger partial charge in [-0.2, -0.15) is 0 Å². The van der Waals surface area contributed by atoms with E-state index >= 15 is 0 Å². The van der Waals surface area contributed by atoms with Crippen molar-refractivity contribution in [1.82, 2.24) is 4.57 Å². The highest BCUT2D eigenvalue weighted by molar-refractivity contribution is 6.47. The Morgan fingerprint density at radius 3 is 2.23 bits per heavy atom. The van der Waals surface area contributed by atoms with Crippen LogP contribution in [0.25, 0.3) is 5.70 Å². The first-order valence-corrected chi connectivity index (χ1v) is 3.89. The Morgan fingerprint density at radius 2 is 1.62 bits per heavy atom. The van der Waals surface area contributed by atoms with Crippen LogP contribution in [0.2, 0.25) is 0 Å². The van der Waals surface area contributed by atoms with E-state index in [1.807, 2.05) is 24.5 Å². The van der Waals surface area contributed by atoms with E-state index < -0.39 is 11.6 Å². The molecule has 2 rings (SSSR count). The predicted molar refractivity (Wildman–Crippen MR) is 47.9 cm³/mol. The van der Waals surface area contributed by atoms with Crippen molar-refractivity contribution in [2.75, 3.05) is 0 Å². The van der Waals surface area contributed by atoms with Gasteiger partial charge in [-0.1, -0.05) is 0 Å². The van der Waals surface area contributed by atoms with Gasteiger partial charge in [0.25, 0.3) is 0 Å². The van der Waals surface area contributed by atoms with Gasteiger partial charge in [-0.15, -0.1) is 0 Å². The zero-order valence-electron chi connectivity index (χ0n) is 6.81. The summed E-state index contributed by atoms with van der Waals surface area (Å²) in [5, 5.41) is 0. The Morgan fingerprint density at radius 1 is 0.923 bits per heavy atom. The third-order valence-electron chi connectivity index (χ3n) is 1.83. The summed E-state index contributed by atoms with van der Waals surface area (Å²) in [7, 11) is 0. The number of carbonyl (C=O) groups excluding carboxylic acids is 2. The van der Waals surface area contributed by atoms with E-state index in [2.05, 4.69) is 0 Å². The van der Waals surface area contributed by atoms with Crippen LogP contribution in [0.3, 0.4) is 0 Å². The summed E-state index contributed by atoms with van der Waals surface area (Å²) in [6.07, 6.45) is 7.89. The SMILES string of the molecule is O=C1C=CC(n2cccc2)=CC1=O. The van der Waals surface area contributed by atoms with Crippen molar-refractivity contribution in [2.45, 2.75) is 0 Å². The van der Waals surface area contributed by atoms with Crippen molar-refractivity contribution in [3.8, 4) is 0 Å². The number of rotatable bonds is 1. The lowest BCUT2D eigenvalue weighted by molar-refractivity contribution is -0.131. The lowest BCUT2D eigenvalue weighted by Gasteiger charge is -2.05. The van der Waals surface area contributed by atoms with E-state index in [1.54, 1.807) is 10.6 Å². The molecule has 0 radical (unpaired) electrons. The molecule has 13 heavy (non-hydrogen) atoms. The number of aromatic nitrogens is 1. The van der Waals surface area contributed by atoms with E-state index in [4.69, 9.17) is 0 Å². The molecule has 1 aromatic rings. The molecule has 3 nitrogen and oxygen atoms in total. The number of carbonyl (C=O) groups is 2. The van der Waals surface area contributed by atoms with Crippen LogP contribution >= 0.6 is 0 Å². The highest BCUT2D eigenvalue weighted by atomic mass is 16.2. The van der Waals surface area contributed by atoms with Gasteiger partial charge >= 0.3 is 0 Å². The average Bonchev–Trinajstić information content (AvgIpc) is 2.62. The van der Waals surface area contributed by atoms with Crippen LogP contribution in [0.4, 0.5) is 0 Å². The quantitative estimate of drug-likeness (QED) is 0.470. The molecule has 1 aromatic heterocycles. The second-order valence-corrected chi connectivity index (χ2v) is 2.72. The molecule has 0 saturated heterocycles. The molecule has 1 aliphatic rings. The van der Waals surface area contributed by atoms with Crippen LogP contribution in [0.15, 0.2) is 42.8 Å². The fraction of sp³-hybridized carbons (Fsp3) is 0. The van der Waals surface area contributed by atoms with Gasteiger partial charge in [-0.3, -0.25) is 9.59 Å². The van der Waals surface area contributed by atoms with Crippen LogP contribution in [0.5, 0.6) is 0 Å². The van der Waals surface area contributed by atoms with Gasteiger partial charge in [0.1, 0.15) is 0 Å². The van der Waals surface area contributed by atoms with Crippen LogP contribution in [-0.2, 0) is 9.59 Å². The van der Waals surface area contributed by atoms with Crippen molar-refractivity contribution in [3.63, 3.8) is 0 Å². The van der Waals surface area contributed by atoms with E-state index in [1.165, 1.54) is 12.2 Å². The standard InChI is InChI=1S/C10H7NO2/c12-9-4-3-8(7-10(9)13)11-5-1-2-6-11/h1-7H. The fourth-order valence-electron chi connectivity index (χ4n) is 1.16. The lowest BCUT2D eigenvalue weighted by Crippen LogP contribution is -2.12. The molecule has 0 aromatic carbocycles. The highest BCUT2D eigenvalue weighted by Crippen LogP contribution is 2.10. The second kappa shape index (κ2) is 2.86. The fourth-order valence-corrected chi connectivity index (χ4v) is 1.16.